The zero-order chi connectivity index (χ0) is 12.6. The highest BCUT2D eigenvalue weighted by atomic mass is 16.7. The van der Waals surface area contributed by atoms with Crippen LogP contribution < -0.4 is 0 Å². The summed E-state index contributed by atoms with van der Waals surface area (Å²) in [4.78, 5) is 22.6. The van der Waals surface area contributed by atoms with Gasteiger partial charge in [0.15, 0.2) is 6.10 Å². The van der Waals surface area contributed by atoms with Crippen molar-refractivity contribution in [1.29, 1.82) is 0 Å². The molecule has 2 bridgehead atoms. The van der Waals surface area contributed by atoms with Gasteiger partial charge in [-0.3, -0.25) is 0 Å². The number of esters is 2. The molecule has 0 aromatic rings. The minimum Gasteiger partial charge on any atom is -0.447 e. The van der Waals surface area contributed by atoms with Crippen LogP contribution in [0.2, 0.25) is 0 Å². The number of ether oxygens (including phenoxy) is 2. The third kappa shape index (κ3) is 0.921. The summed E-state index contributed by atoms with van der Waals surface area (Å²) in [6.07, 6.45) is 0.922. The Bertz CT molecular complexity index is 429. The molecule has 94 valence electrons. The van der Waals surface area contributed by atoms with E-state index >= 15 is 0 Å². The molecule has 5 nitrogen and oxygen atoms in total. The fourth-order valence-electron chi connectivity index (χ4n) is 3.97. The van der Waals surface area contributed by atoms with E-state index in [4.69, 9.17) is 9.47 Å². The monoisotopic (exact) mass is 240 g/mol. The molecular formula is C12H16O5. The second-order valence-corrected chi connectivity index (χ2v) is 6.11. The van der Waals surface area contributed by atoms with Gasteiger partial charge in [-0.25, -0.2) is 9.59 Å². The highest BCUT2D eigenvalue weighted by molar-refractivity contribution is 6.30. The van der Waals surface area contributed by atoms with Gasteiger partial charge >= 0.3 is 11.9 Å². The number of hydrogen-bond donors (Lipinski definition) is 1. The highest BCUT2D eigenvalue weighted by Gasteiger charge is 2.79. The largest absolute Gasteiger partial charge is 0.447 e. The Balaban J connectivity index is 2.13. The molecule has 1 aliphatic heterocycles. The molecule has 1 N–H and O–H groups in total. The van der Waals surface area contributed by atoms with Crippen molar-refractivity contribution < 1.29 is 24.2 Å². The van der Waals surface area contributed by atoms with Gasteiger partial charge in [0.25, 0.3) is 5.79 Å². The Morgan fingerprint density at radius 3 is 2.53 bits per heavy atom. The topological polar surface area (TPSA) is 72.8 Å². The van der Waals surface area contributed by atoms with E-state index in [1.165, 1.54) is 0 Å². The Labute approximate surface area is 99.1 Å². The van der Waals surface area contributed by atoms with Crippen molar-refractivity contribution in [2.24, 2.45) is 16.7 Å². The van der Waals surface area contributed by atoms with Crippen molar-refractivity contribution in [2.45, 2.75) is 45.5 Å². The number of rotatable bonds is 0. The van der Waals surface area contributed by atoms with Crippen LogP contribution >= 0.6 is 0 Å². The molecule has 2 aliphatic carbocycles. The molecule has 5 heteroatoms. The number of hydrogen-bond acceptors (Lipinski definition) is 5. The Hall–Kier alpha value is -1.10. The number of fused-ring (bicyclic) bond motifs is 5. The van der Waals surface area contributed by atoms with Crippen LogP contribution in [0.4, 0.5) is 0 Å². The van der Waals surface area contributed by atoms with Crippen molar-refractivity contribution in [3.05, 3.63) is 0 Å². The average molecular weight is 240 g/mol. The average Bonchev–Trinajstić information content (AvgIpc) is 2.51. The molecule has 2 saturated carbocycles. The molecule has 1 unspecified atom stereocenters. The summed E-state index contributed by atoms with van der Waals surface area (Å²) >= 11 is 0. The summed E-state index contributed by atoms with van der Waals surface area (Å²) in [7, 11) is 0. The van der Waals surface area contributed by atoms with Crippen LogP contribution in [0.3, 0.4) is 0 Å². The van der Waals surface area contributed by atoms with Gasteiger partial charge in [-0.2, -0.15) is 0 Å². The predicted octanol–water partition coefficient (Wildman–Crippen LogP) is 0.600. The normalized spacial score (nSPS) is 50.8. The number of aliphatic hydroxyl groups is 1. The van der Waals surface area contributed by atoms with Crippen LogP contribution in [0.5, 0.6) is 0 Å². The maximum atomic E-state index is 11.3. The first-order valence-corrected chi connectivity index (χ1v) is 5.90. The maximum Gasteiger partial charge on any atom is 0.420 e. The third-order valence-electron chi connectivity index (χ3n) is 5.50. The minimum absolute atomic E-state index is 0.0366. The van der Waals surface area contributed by atoms with Crippen LogP contribution in [0, 0.1) is 16.7 Å². The SMILES string of the molecule is CC1(C)[C@H]2CC[C@@]1(C)[C@]1(O)OC(=O)C(=O)OC21. The van der Waals surface area contributed by atoms with Crippen molar-refractivity contribution in [3.8, 4) is 0 Å². The van der Waals surface area contributed by atoms with Crippen LogP contribution in [-0.2, 0) is 19.1 Å². The molecule has 3 aliphatic rings. The molecule has 0 amide bonds. The standard InChI is InChI=1S/C12H16O5/c1-10(2)6-4-5-11(10,3)12(15)7(6)16-8(13)9(14)17-12/h6-7,15H,4-5H2,1-3H3/t6-,7?,11+,12+/m0/s1. The molecule has 17 heavy (non-hydrogen) atoms. The fraction of sp³-hybridized carbons (Fsp3) is 0.833. The smallest absolute Gasteiger partial charge is 0.420 e. The molecule has 4 atom stereocenters. The van der Waals surface area contributed by atoms with Gasteiger partial charge in [0, 0.05) is 11.3 Å². The van der Waals surface area contributed by atoms with Crippen LogP contribution in [-0.4, -0.2) is 28.9 Å². The van der Waals surface area contributed by atoms with Gasteiger partial charge in [0.05, 0.1) is 0 Å². The van der Waals surface area contributed by atoms with Gasteiger partial charge in [-0.15, -0.1) is 0 Å². The lowest BCUT2D eigenvalue weighted by Gasteiger charge is -2.46. The summed E-state index contributed by atoms with van der Waals surface area (Å²) < 4.78 is 10.1. The minimum atomic E-state index is -1.66. The fourth-order valence-corrected chi connectivity index (χ4v) is 3.97. The lowest BCUT2D eigenvalue weighted by atomic mass is 9.68. The van der Waals surface area contributed by atoms with E-state index in [0.29, 0.717) is 0 Å². The summed E-state index contributed by atoms with van der Waals surface area (Å²) in [5.41, 5.74) is -0.789. The van der Waals surface area contributed by atoms with Crippen LogP contribution in [0.25, 0.3) is 0 Å². The molecule has 1 saturated heterocycles. The summed E-state index contributed by atoms with van der Waals surface area (Å²) in [5.74, 6) is -3.71. The number of carbonyl (C=O) groups excluding carboxylic acids is 2. The van der Waals surface area contributed by atoms with Crippen molar-refractivity contribution in [1.82, 2.24) is 0 Å². The van der Waals surface area contributed by atoms with Gasteiger partial charge in [0.1, 0.15) is 0 Å². The Morgan fingerprint density at radius 1 is 1.24 bits per heavy atom. The van der Waals surface area contributed by atoms with E-state index in [9.17, 15) is 14.7 Å². The van der Waals surface area contributed by atoms with Gasteiger partial charge in [0.2, 0.25) is 0 Å². The molecule has 3 fully saturated rings. The van der Waals surface area contributed by atoms with E-state index in [1.807, 2.05) is 20.8 Å². The highest BCUT2D eigenvalue weighted by Crippen LogP contribution is 2.71. The number of carbonyl (C=O) groups is 2. The molecule has 3 rings (SSSR count). The molecule has 1 heterocycles. The van der Waals surface area contributed by atoms with Gasteiger partial charge < -0.3 is 14.6 Å². The molecule has 0 spiro atoms. The summed E-state index contributed by atoms with van der Waals surface area (Å²) in [6, 6.07) is 0. The van der Waals surface area contributed by atoms with E-state index < -0.39 is 29.2 Å². The lowest BCUT2D eigenvalue weighted by Crippen LogP contribution is -2.61. The Kier molecular flexibility index (Phi) is 1.72. The zero-order valence-electron chi connectivity index (χ0n) is 10.1. The second kappa shape index (κ2) is 2.66. The van der Waals surface area contributed by atoms with E-state index in [1.54, 1.807) is 0 Å². The first-order chi connectivity index (χ1) is 7.74. The van der Waals surface area contributed by atoms with Crippen LogP contribution in [0.15, 0.2) is 0 Å². The second-order valence-electron chi connectivity index (χ2n) is 6.11. The molecule has 0 radical (unpaired) electrons. The van der Waals surface area contributed by atoms with E-state index in [0.717, 1.165) is 12.8 Å². The van der Waals surface area contributed by atoms with Gasteiger partial charge in [-0.05, 0) is 18.3 Å². The Morgan fingerprint density at radius 2 is 1.88 bits per heavy atom. The predicted molar refractivity (Wildman–Crippen MR) is 55.5 cm³/mol. The molecular weight excluding hydrogens is 224 g/mol. The summed E-state index contributed by atoms with van der Waals surface area (Å²) in [5, 5.41) is 10.7. The lowest BCUT2D eigenvalue weighted by molar-refractivity contribution is -0.311. The van der Waals surface area contributed by atoms with Crippen molar-refractivity contribution >= 4 is 11.9 Å². The molecule has 0 aromatic carbocycles. The maximum absolute atomic E-state index is 11.3. The van der Waals surface area contributed by atoms with Crippen molar-refractivity contribution in [2.75, 3.05) is 0 Å². The third-order valence-corrected chi connectivity index (χ3v) is 5.50. The van der Waals surface area contributed by atoms with Crippen molar-refractivity contribution in [3.63, 3.8) is 0 Å². The summed E-state index contributed by atoms with van der Waals surface area (Å²) in [6.45, 7) is 5.96. The first kappa shape index (κ1) is 11.0. The van der Waals surface area contributed by atoms with Crippen LogP contribution in [0.1, 0.15) is 33.6 Å². The molecule has 0 aromatic heterocycles. The van der Waals surface area contributed by atoms with Gasteiger partial charge in [-0.1, -0.05) is 20.8 Å². The first-order valence-electron chi connectivity index (χ1n) is 5.90. The van der Waals surface area contributed by atoms with E-state index in [2.05, 4.69) is 0 Å². The van der Waals surface area contributed by atoms with E-state index in [-0.39, 0.29) is 11.3 Å². The zero-order valence-corrected chi connectivity index (χ0v) is 10.1. The quantitative estimate of drug-likeness (QED) is 0.496.